The zero-order valence-electron chi connectivity index (χ0n) is 11.8. The van der Waals surface area contributed by atoms with Crippen LogP contribution in [0.15, 0.2) is 29.4 Å². The quantitative estimate of drug-likeness (QED) is 0.313. The molecule has 0 saturated heterocycles. The largest absolute Gasteiger partial charge is 0.496 e. The van der Waals surface area contributed by atoms with Crippen molar-refractivity contribution in [2.75, 3.05) is 13.7 Å². The van der Waals surface area contributed by atoms with Crippen LogP contribution in [0.4, 0.5) is 0 Å². The van der Waals surface area contributed by atoms with Gasteiger partial charge in [-0.05, 0) is 31.4 Å². The van der Waals surface area contributed by atoms with Gasteiger partial charge in [-0.2, -0.15) is 0 Å². The lowest BCUT2D eigenvalue weighted by molar-refractivity contribution is -0.143. The average molecular weight is 277 g/mol. The lowest BCUT2D eigenvalue weighted by Crippen LogP contribution is -2.05. The van der Waals surface area contributed by atoms with E-state index in [2.05, 4.69) is 10.0 Å². The smallest absolute Gasteiger partial charge is 0.305 e. The number of hydrogen-bond acceptors (Lipinski definition) is 4. The first-order valence-electron chi connectivity index (χ1n) is 6.55. The molecule has 108 valence electrons. The summed E-state index contributed by atoms with van der Waals surface area (Å²) in [6, 6.07) is 7.06. The summed E-state index contributed by atoms with van der Waals surface area (Å²) in [6.45, 7) is 2.15. The van der Waals surface area contributed by atoms with Crippen molar-refractivity contribution in [3.63, 3.8) is 0 Å². The number of rotatable bonds is 8. The normalized spacial score (nSPS) is 11.3. The van der Waals surface area contributed by atoms with E-state index in [9.17, 15) is 4.79 Å². The van der Waals surface area contributed by atoms with Gasteiger partial charge in [0, 0.05) is 16.9 Å². The van der Waals surface area contributed by atoms with E-state index in [1.807, 2.05) is 24.3 Å². The molecule has 0 aromatic heterocycles. The van der Waals surface area contributed by atoms with E-state index >= 15 is 0 Å². The van der Waals surface area contributed by atoms with Crippen LogP contribution in [0.5, 0.6) is 5.75 Å². The van der Waals surface area contributed by atoms with Gasteiger partial charge < -0.3 is 9.47 Å². The van der Waals surface area contributed by atoms with Crippen LogP contribution >= 0.6 is 0 Å². The Bertz CT molecular complexity index is 484. The molecule has 1 aromatic rings. The monoisotopic (exact) mass is 277 g/mol. The Kier molecular flexibility index (Phi) is 7.00. The number of methoxy groups -OCH3 is 1. The predicted molar refractivity (Wildman–Crippen MR) is 75.4 cm³/mol. The van der Waals surface area contributed by atoms with E-state index in [4.69, 9.17) is 15.0 Å². The van der Waals surface area contributed by atoms with Crippen LogP contribution < -0.4 is 4.74 Å². The van der Waals surface area contributed by atoms with Gasteiger partial charge in [0.25, 0.3) is 0 Å². The molecule has 20 heavy (non-hydrogen) atoms. The topological polar surface area (TPSA) is 84.3 Å². The van der Waals surface area contributed by atoms with Crippen LogP contribution in [-0.2, 0) is 9.53 Å². The third-order valence-electron chi connectivity index (χ3n) is 2.85. The highest BCUT2D eigenvalue weighted by atomic mass is 16.5. The highest BCUT2D eigenvalue weighted by Crippen LogP contribution is 2.31. The minimum absolute atomic E-state index is 0.229. The number of ether oxygens (including phenoxy) is 2. The fraction of sp³-hybridized carbons (Fsp3) is 0.500. The number of para-hydroxylation sites is 1. The van der Waals surface area contributed by atoms with Crippen molar-refractivity contribution in [2.45, 2.75) is 32.2 Å². The first-order chi connectivity index (χ1) is 9.72. The molecule has 0 bridgehead atoms. The minimum atomic E-state index is -0.342. The Hall–Kier alpha value is -2.20. The molecule has 1 atom stereocenters. The summed E-state index contributed by atoms with van der Waals surface area (Å²) in [4.78, 5) is 14.2. The van der Waals surface area contributed by atoms with Crippen molar-refractivity contribution < 1.29 is 14.3 Å². The van der Waals surface area contributed by atoms with E-state index in [0.717, 1.165) is 5.56 Å². The number of carbonyl (C=O) groups excluding carboxylic acids is 1. The van der Waals surface area contributed by atoms with E-state index in [1.165, 1.54) is 0 Å². The Morgan fingerprint density at radius 3 is 2.85 bits per heavy atom. The number of azide groups is 1. The molecule has 0 saturated carbocycles. The third kappa shape index (κ3) is 4.82. The highest BCUT2D eigenvalue weighted by molar-refractivity contribution is 5.69. The summed E-state index contributed by atoms with van der Waals surface area (Å²) >= 11 is 0. The van der Waals surface area contributed by atoms with E-state index in [-0.39, 0.29) is 12.0 Å². The molecule has 0 aliphatic heterocycles. The Labute approximate surface area is 118 Å². The van der Waals surface area contributed by atoms with Crippen molar-refractivity contribution in [3.05, 3.63) is 40.3 Å². The standard InChI is InChI=1S/C14H19N3O3/c1-3-20-14(18)10-6-8-12(16-17-15)11-7-4-5-9-13(11)19-2/h4-5,7,9,12H,3,6,8,10H2,1-2H3. The van der Waals surface area contributed by atoms with Gasteiger partial charge in [0.05, 0.1) is 19.8 Å². The molecule has 0 aliphatic carbocycles. The summed E-state index contributed by atoms with van der Waals surface area (Å²) in [5.74, 6) is 0.452. The molecule has 0 aliphatic rings. The van der Waals surface area contributed by atoms with Gasteiger partial charge >= 0.3 is 5.97 Å². The van der Waals surface area contributed by atoms with Crippen LogP contribution in [-0.4, -0.2) is 19.7 Å². The van der Waals surface area contributed by atoms with Crippen LogP contribution in [0.1, 0.15) is 37.8 Å². The Balaban J connectivity index is 2.69. The average Bonchev–Trinajstić information content (AvgIpc) is 2.46. The zero-order valence-corrected chi connectivity index (χ0v) is 11.8. The molecular weight excluding hydrogens is 258 g/mol. The Morgan fingerprint density at radius 1 is 1.45 bits per heavy atom. The maximum atomic E-state index is 11.3. The summed E-state index contributed by atoms with van der Waals surface area (Å²) in [5, 5.41) is 3.79. The first-order valence-corrected chi connectivity index (χ1v) is 6.55. The molecular formula is C14H19N3O3. The highest BCUT2D eigenvalue weighted by Gasteiger charge is 2.15. The lowest BCUT2D eigenvalue weighted by atomic mass is 10.0. The number of benzene rings is 1. The van der Waals surface area contributed by atoms with Crippen LogP contribution in [0.25, 0.3) is 10.4 Å². The summed E-state index contributed by atoms with van der Waals surface area (Å²) in [5.41, 5.74) is 9.51. The number of esters is 1. The summed E-state index contributed by atoms with van der Waals surface area (Å²) in [7, 11) is 1.57. The summed E-state index contributed by atoms with van der Waals surface area (Å²) in [6.07, 6.45) is 1.49. The maximum Gasteiger partial charge on any atom is 0.305 e. The predicted octanol–water partition coefficient (Wildman–Crippen LogP) is 3.78. The number of carbonyl (C=O) groups is 1. The molecule has 0 heterocycles. The minimum Gasteiger partial charge on any atom is -0.496 e. The van der Waals surface area contributed by atoms with Crippen LogP contribution in [0.2, 0.25) is 0 Å². The molecule has 1 rings (SSSR count). The molecule has 0 spiro atoms. The van der Waals surface area contributed by atoms with E-state index < -0.39 is 0 Å². The third-order valence-corrected chi connectivity index (χ3v) is 2.85. The molecule has 0 fully saturated rings. The van der Waals surface area contributed by atoms with Gasteiger partial charge in [-0.15, -0.1) is 0 Å². The van der Waals surface area contributed by atoms with Crippen molar-refractivity contribution in [1.29, 1.82) is 0 Å². The van der Waals surface area contributed by atoms with Crippen LogP contribution in [0, 0.1) is 0 Å². The second-order valence-electron chi connectivity index (χ2n) is 4.16. The van der Waals surface area contributed by atoms with Gasteiger partial charge in [0.2, 0.25) is 0 Å². The second-order valence-corrected chi connectivity index (χ2v) is 4.16. The lowest BCUT2D eigenvalue weighted by Gasteiger charge is -2.14. The van der Waals surface area contributed by atoms with E-state index in [1.54, 1.807) is 14.0 Å². The molecule has 6 heteroatoms. The molecule has 1 unspecified atom stereocenters. The second kappa shape index (κ2) is 8.82. The van der Waals surface area contributed by atoms with E-state index in [0.29, 0.717) is 31.6 Å². The van der Waals surface area contributed by atoms with Crippen molar-refractivity contribution in [3.8, 4) is 5.75 Å². The maximum absolute atomic E-state index is 11.3. The van der Waals surface area contributed by atoms with Gasteiger partial charge in [0.1, 0.15) is 5.75 Å². The SMILES string of the molecule is CCOC(=O)CCCC(N=[N+]=[N-])c1ccccc1OC. The number of nitrogens with zero attached hydrogens (tertiary/aromatic N) is 3. The van der Waals surface area contributed by atoms with Crippen LogP contribution in [0.3, 0.4) is 0 Å². The Morgan fingerprint density at radius 2 is 2.20 bits per heavy atom. The van der Waals surface area contributed by atoms with Gasteiger partial charge in [-0.1, -0.05) is 23.3 Å². The number of hydrogen-bond donors (Lipinski definition) is 0. The fourth-order valence-electron chi connectivity index (χ4n) is 1.95. The molecule has 0 radical (unpaired) electrons. The van der Waals surface area contributed by atoms with Gasteiger partial charge in [0.15, 0.2) is 0 Å². The van der Waals surface area contributed by atoms with Gasteiger partial charge in [-0.25, -0.2) is 0 Å². The van der Waals surface area contributed by atoms with Crippen molar-refractivity contribution >= 4 is 5.97 Å². The molecule has 6 nitrogen and oxygen atoms in total. The summed E-state index contributed by atoms with van der Waals surface area (Å²) < 4.78 is 10.1. The van der Waals surface area contributed by atoms with Gasteiger partial charge in [-0.3, -0.25) is 4.79 Å². The zero-order chi connectivity index (χ0) is 14.8. The molecule has 0 N–H and O–H groups in total. The molecule has 0 amide bonds. The van der Waals surface area contributed by atoms with Crippen molar-refractivity contribution in [1.82, 2.24) is 0 Å². The first kappa shape index (κ1) is 15.9. The fourth-order valence-corrected chi connectivity index (χ4v) is 1.95. The van der Waals surface area contributed by atoms with Crippen molar-refractivity contribution in [2.24, 2.45) is 5.11 Å². The molecule has 1 aromatic carbocycles.